The quantitative estimate of drug-likeness (QED) is 0.310. The van der Waals surface area contributed by atoms with Crippen LogP contribution in [0.4, 0.5) is 0 Å². The molecule has 4 N–H and O–H groups in total. The zero-order valence-corrected chi connectivity index (χ0v) is 8.47. The van der Waals surface area contributed by atoms with Crippen molar-refractivity contribution >= 4 is 11.8 Å². The third-order valence-electron chi connectivity index (χ3n) is 1.62. The van der Waals surface area contributed by atoms with Crippen LogP contribution in [-0.4, -0.2) is 17.9 Å². The van der Waals surface area contributed by atoms with Gasteiger partial charge in [0.1, 0.15) is 6.04 Å². The molecule has 0 aromatic carbocycles. The molecule has 0 spiro atoms. The normalized spacial score (nSPS) is 13.3. The van der Waals surface area contributed by atoms with Gasteiger partial charge in [-0.1, -0.05) is 20.8 Å². The molecule has 1 unspecified atom stereocenters. The van der Waals surface area contributed by atoms with E-state index in [4.69, 9.17) is 5.84 Å². The molecule has 0 rings (SSSR count). The summed E-state index contributed by atoms with van der Waals surface area (Å²) < 4.78 is 0. The third-order valence-corrected chi connectivity index (χ3v) is 1.62. The van der Waals surface area contributed by atoms with Gasteiger partial charge in [-0.25, -0.2) is 5.84 Å². The number of hydrogen-bond acceptors (Lipinski definition) is 3. The van der Waals surface area contributed by atoms with Gasteiger partial charge in [0.2, 0.25) is 5.91 Å². The predicted octanol–water partition coefficient (Wildman–Crippen LogP) is -0.473. The number of hydrogen-bond donors (Lipinski definition) is 3. The molecule has 76 valence electrons. The summed E-state index contributed by atoms with van der Waals surface area (Å²) in [6, 6.07) is -0.602. The molecule has 5 heteroatoms. The summed E-state index contributed by atoms with van der Waals surface area (Å²) in [6.45, 7) is 6.91. The van der Waals surface area contributed by atoms with E-state index < -0.39 is 6.04 Å². The van der Waals surface area contributed by atoms with Crippen molar-refractivity contribution in [2.24, 2.45) is 11.3 Å². The summed E-state index contributed by atoms with van der Waals surface area (Å²) in [6.07, 6.45) is 0. The summed E-state index contributed by atoms with van der Waals surface area (Å²) in [7, 11) is 0. The Morgan fingerprint density at radius 2 is 1.77 bits per heavy atom. The van der Waals surface area contributed by atoms with Crippen LogP contribution < -0.4 is 16.6 Å². The summed E-state index contributed by atoms with van der Waals surface area (Å²) in [4.78, 5) is 22.0. The highest BCUT2D eigenvalue weighted by atomic mass is 16.2. The van der Waals surface area contributed by atoms with Gasteiger partial charge < -0.3 is 5.32 Å². The van der Waals surface area contributed by atoms with Crippen LogP contribution in [0.25, 0.3) is 0 Å². The van der Waals surface area contributed by atoms with Crippen molar-refractivity contribution in [2.45, 2.75) is 33.7 Å². The Morgan fingerprint density at radius 3 is 2.00 bits per heavy atom. The molecule has 2 amide bonds. The molecule has 5 nitrogen and oxygen atoms in total. The van der Waals surface area contributed by atoms with Gasteiger partial charge in [0, 0.05) is 6.92 Å². The van der Waals surface area contributed by atoms with Crippen molar-refractivity contribution in [3.8, 4) is 0 Å². The lowest BCUT2D eigenvalue weighted by Crippen LogP contribution is -2.54. The second-order valence-electron chi connectivity index (χ2n) is 4.01. The maximum atomic E-state index is 11.2. The Morgan fingerprint density at radius 1 is 1.31 bits per heavy atom. The van der Waals surface area contributed by atoms with E-state index in [9.17, 15) is 9.59 Å². The molecule has 1 atom stereocenters. The van der Waals surface area contributed by atoms with E-state index >= 15 is 0 Å². The fourth-order valence-corrected chi connectivity index (χ4v) is 0.962. The minimum Gasteiger partial charge on any atom is -0.344 e. The second kappa shape index (κ2) is 4.23. The molecule has 0 bridgehead atoms. The van der Waals surface area contributed by atoms with Crippen molar-refractivity contribution < 1.29 is 9.59 Å². The summed E-state index contributed by atoms with van der Waals surface area (Å²) in [5.74, 6) is 4.36. The van der Waals surface area contributed by atoms with Crippen molar-refractivity contribution in [3.05, 3.63) is 0 Å². The first-order valence-electron chi connectivity index (χ1n) is 4.06. The standard InChI is InChI=1S/C8H17N3O2/c1-5(12)10-6(7(13)11-9)8(2,3)4/h6H,9H2,1-4H3,(H,10,12)(H,11,13). The number of nitrogens with one attached hydrogen (secondary N) is 2. The van der Waals surface area contributed by atoms with Crippen molar-refractivity contribution in [3.63, 3.8) is 0 Å². The molecule has 0 aliphatic heterocycles. The molecule has 0 heterocycles. The summed E-state index contributed by atoms with van der Waals surface area (Å²) in [5, 5.41) is 2.54. The Bertz CT molecular complexity index is 208. The second-order valence-corrected chi connectivity index (χ2v) is 4.01. The fourth-order valence-electron chi connectivity index (χ4n) is 0.962. The molecule has 13 heavy (non-hydrogen) atoms. The van der Waals surface area contributed by atoms with Crippen LogP contribution in [0.3, 0.4) is 0 Å². The monoisotopic (exact) mass is 187 g/mol. The number of nitrogens with two attached hydrogens (primary N) is 1. The molecule has 0 aliphatic carbocycles. The smallest absolute Gasteiger partial charge is 0.256 e. The maximum absolute atomic E-state index is 11.2. The molecule has 0 aromatic heterocycles. The highest BCUT2D eigenvalue weighted by Gasteiger charge is 2.31. The van der Waals surface area contributed by atoms with E-state index in [1.807, 2.05) is 26.2 Å². The Labute approximate surface area is 78.0 Å². The summed E-state index contributed by atoms with van der Waals surface area (Å²) >= 11 is 0. The highest BCUT2D eigenvalue weighted by molar-refractivity contribution is 5.87. The van der Waals surface area contributed by atoms with Gasteiger partial charge in [-0.15, -0.1) is 0 Å². The Hall–Kier alpha value is -1.10. The number of carbonyl (C=O) groups excluding carboxylic acids is 2. The van der Waals surface area contributed by atoms with Gasteiger partial charge in [0.25, 0.3) is 5.91 Å². The largest absolute Gasteiger partial charge is 0.344 e. The van der Waals surface area contributed by atoms with Crippen LogP contribution in [0.2, 0.25) is 0 Å². The van der Waals surface area contributed by atoms with Crippen LogP contribution in [0.1, 0.15) is 27.7 Å². The van der Waals surface area contributed by atoms with Gasteiger partial charge in [-0.05, 0) is 5.41 Å². The lowest BCUT2D eigenvalue weighted by Gasteiger charge is -2.29. The van der Waals surface area contributed by atoms with Crippen LogP contribution >= 0.6 is 0 Å². The average molecular weight is 187 g/mol. The molecular weight excluding hydrogens is 170 g/mol. The summed E-state index contributed by atoms with van der Waals surface area (Å²) in [5.41, 5.74) is 1.67. The molecule has 0 radical (unpaired) electrons. The maximum Gasteiger partial charge on any atom is 0.256 e. The molecule has 0 saturated carbocycles. The highest BCUT2D eigenvalue weighted by Crippen LogP contribution is 2.18. The van der Waals surface area contributed by atoms with E-state index in [2.05, 4.69) is 5.32 Å². The van der Waals surface area contributed by atoms with Crippen LogP contribution in [0.5, 0.6) is 0 Å². The van der Waals surface area contributed by atoms with E-state index in [0.29, 0.717) is 0 Å². The van der Waals surface area contributed by atoms with Crippen molar-refractivity contribution in [1.29, 1.82) is 0 Å². The molecule has 0 aliphatic rings. The van der Waals surface area contributed by atoms with E-state index in [1.165, 1.54) is 6.92 Å². The van der Waals surface area contributed by atoms with Gasteiger partial charge in [-0.3, -0.25) is 15.0 Å². The molecule has 0 fully saturated rings. The topological polar surface area (TPSA) is 84.2 Å². The van der Waals surface area contributed by atoms with E-state index in [-0.39, 0.29) is 17.2 Å². The van der Waals surface area contributed by atoms with Crippen molar-refractivity contribution in [2.75, 3.05) is 0 Å². The van der Waals surface area contributed by atoms with Crippen molar-refractivity contribution in [1.82, 2.24) is 10.7 Å². The number of amides is 2. The third kappa shape index (κ3) is 3.89. The first-order chi connectivity index (χ1) is 5.79. The number of rotatable bonds is 2. The fraction of sp³-hybridized carbons (Fsp3) is 0.750. The van der Waals surface area contributed by atoms with Crippen LogP contribution in [0.15, 0.2) is 0 Å². The zero-order chi connectivity index (χ0) is 10.6. The number of hydrazine groups is 1. The van der Waals surface area contributed by atoms with Crippen LogP contribution in [0, 0.1) is 5.41 Å². The molecule has 0 saturated heterocycles. The van der Waals surface area contributed by atoms with Gasteiger partial charge in [-0.2, -0.15) is 0 Å². The average Bonchev–Trinajstić information content (AvgIpc) is 1.96. The number of carbonyl (C=O) groups is 2. The lowest BCUT2D eigenvalue weighted by atomic mass is 9.86. The molecular formula is C8H17N3O2. The zero-order valence-electron chi connectivity index (χ0n) is 8.47. The minimum absolute atomic E-state index is 0.247. The van der Waals surface area contributed by atoms with Crippen LogP contribution in [-0.2, 0) is 9.59 Å². The first-order valence-corrected chi connectivity index (χ1v) is 4.06. The van der Waals surface area contributed by atoms with Gasteiger partial charge in [0.15, 0.2) is 0 Å². The lowest BCUT2D eigenvalue weighted by molar-refractivity contribution is -0.130. The predicted molar refractivity (Wildman–Crippen MR) is 49.4 cm³/mol. The van der Waals surface area contributed by atoms with Gasteiger partial charge >= 0.3 is 0 Å². The van der Waals surface area contributed by atoms with Gasteiger partial charge in [0.05, 0.1) is 0 Å². The first kappa shape index (κ1) is 11.9. The van der Waals surface area contributed by atoms with E-state index in [1.54, 1.807) is 0 Å². The minimum atomic E-state index is -0.602. The SMILES string of the molecule is CC(=O)NC(C(=O)NN)C(C)(C)C. The Kier molecular flexibility index (Phi) is 3.87. The molecule has 0 aromatic rings. The Balaban J connectivity index is 4.56. The van der Waals surface area contributed by atoms with E-state index in [0.717, 1.165) is 0 Å².